The number of carboxylic acids is 1. The van der Waals surface area contributed by atoms with Crippen LogP contribution in [-0.4, -0.2) is 41.8 Å². The Hall–Kier alpha value is -2.03. The van der Waals surface area contributed by atoms with E-state index in [0.29, 0.717) is 0 Å². The van der Waals surface area contributed by atoms with Crippen LogP contribution in [0.15, 0.2) is 12.7 Å². The van der Waals surface area contributed by atoms with E-state index in [9.17, 15) is 9.59 Å². The zero-order valence-electron chi connectivity index (χ0n) is 9.39. The summed E-state index contributed by atoms with van der Waals surface area (Å²) in [7, 11) is 0. The molecule has 1 aliphatic rings. The van der Waals surface area contributed by atoms with Gasteiger partial charge in [-0.15, -0.1) is 0 Å². The number of nitrogens with zero attached hydrogens (tertiary/aromatic N) is 2. The molecule has 1 aliphatic heterocycles. The zero-order chi connectivity index (χ0) is 12.9. The van der Waals surface area contributed by atoms with Crippen LogP contribution in [0.2, 0.25) is 0 Å². The van der Waals surface area contributed by atoms with Gasteiger partial charge in [-0.1, -0.05) is 12.7 Å². The lowest BCUT2D eigenvalue weighted by molar-refractivity contribution is -0.147. The normalized spacial score (nSPS) is 17.9. The first-order valence-electron chi connectivity index (χ1n) is 5.23. The maximum atomic E-state index is 11.5. The van der Waals surface area contributed by atoms with E-state index in [1.54, 1.807) is 0 Å². The van der Waals surface area contributed by atoms with E-state index in [1.807, 2.05) is 6.07 Å². The summed E-state index contributed by atoms with van der Waals surface area (Å²) in [4.78, 5) is 23.8. The summed E-state index contributed by atoms with van der Waals surface area (Å²) in [5.74, 6) is -1.13. The zero-order valence-corrected chi connectivity index (χ0v) is 9.39. The molecule has 0 aromatic heterocycles. The second-order valence-corrected chi connectivity index (χ2v) is 3.85. The molecule has 0 aromatic carbocycles. The molecule has 1 amide bonds. The van der Waals surface area contributed by atoms with Crippen molar-refractivity contribution >= 4 is 12.1 Å². The first-order valence-corrected chi connectivity index (χ1v) is 5.23. The molecule has 0 aromatic rings. The lowest BCUT2D eigenvalue weighted by Gasteiger charge is -2.33. The Kier molecular flexibility index (Phi) is 4.10. The van der Waals surface area contributed by atoms with Crippen molar-refractivity contribution in [3.8, 4) is 6.07 Å². The molecule has 0 bridgehead atoms. The van der Waals surface area contributed by atoms with Crippen LogP contribution in [0, 0.1) is 16.7 Å². The molecule has 0 spiro atoms. The molecule has 6 nitrogen and oxygen atoms in total. The molecule has 0 unspecified atom stereocenters. The Bertz CT molecular complexity index is 364. The van der Waals surface area contributed by atoms with Crippen molar-refractivity contribution in [2.24, 2.45) is 5.41 Å². The number of carbonyl (C=O) groups excluding carboxylic acids is 1. The van der Waals surface area contributed by atoms with E-state index in [1.165, 1.54) is 11.0 Å². The Labute approximate surface area is 99.1 Å². The molecule has 92 valence electrons. The van der Waals surface area contributed by atoms with Gasteiger partial charge in [-0.05, 0) is 12.8 Å². The second-order valence-electron chi connectivity index (χ2n) is 3.85. The van der Waals surface area contributed by atoms with E-state index in [4.69, 9.17) is 15.1 Å². The number of hydrogen-bond donors (Lipinski definition) is 1. The average Bonchev–Trinajstić information content (AvgIpc) is 2.35. The molecule has 1 heterocycles. The molecule has 1 N–H and O–H groups in total. The molecule has 1 fully saturated rings. The lowest BCUT2D eigenvalue weighted by atomic mass is 9.80. The van der Waals surface area contributed by atoms with E-state index in [2.05, 4.69) is 6.58 Å². The number of carbonyl (C=O) groups is 2. The van der Waals surface area contributed by atoms with Gasteiger partial charge in [-0.3, -0.25) is 4.79 Å². The minimum atomic E-state index is -1.37. The summed E-state index contributed by atoms with van der Waals surface area (Å²) < 4.78 is 4.83. The fourth-order valence-corrected chi connectivity index (χ4v) is 1.67. The number of rotatable bonds is 3. The van der Waals surface area contributed by atoms with Crippen molar-refractivity contribution in [1.29, 1.82) is 5.26 Å². The minimum absolute atomic E-state index is 0.123. The topological polar surface area (TPSA) is 90.6 Å². The maximum Gasteiger partial charge on any atom is 0.410 e. The van der Waals surface area contributed by atoms with Crippen molar-refractivity contribution in [3.63, 3.8) is 0 Å². The molecule has 0 aliphatic carbocycles. The van der Waals surface area contributed by atoms with Crippen molar-refractivity contribution in [3.05, 3.63) is 12.7 Å². The van der Waals surface area contributed by atoms with Crippen LogP contribution in [0.4, 0.5) is 4.79 Å². The Morgan fingerprint density at radius 1 is 1.53 bits per heavy atom. The van der Waals surface area contributed by atoms with Gasteiger partial charge in [-0.25, -0.2) is 4.79 Å². The molecule has 1 rings (SSSR count). The van der Waals surface area contributed by atoms with Gasteiger partial charge in [0.05, 0.1) is 6.07 Å². The van der Waals surface area contributed by atoms with Gasteiger partial charge >= 0.3 is 12.1 Å². The summed E-state index contributed by atoms with van der Waals surface area (Å²) in [6.45, 7) is 3.98. The smallest absolute Gasteiger partial charge is 0.410 e. The summed E-state index contributed by atoms with van der Waals surface area (Å²) in [6.07, 6.45) is 1.21. The van der Waals surface area contributed by atoms with Gasteiger partial charge in [0, 0.05) is 13.1 Å². The predicted molar refractivity (Wildman–Crippen MR) is 58.0 cm³/mol. The van der Waals surface area contributed by atoms with Crippen molar-refractivity contribution in [2.75, 3.05) is 19.7 Å². The summed E-state index contributed by atoms with van der Waals surface area (Å²) in [6, 6.07) is 1.83. The number of carboxylic acid groups (broad SMARTS) is 1. The fourth-order valence-electron chi connectivity index (χ4n) is 1.67. The molecule has 0 saturated carbocycles. The van der Waals surface area contributed by atoms with Gasteiger partial charge in [0.2, 0.25) is 0 Å². The highest BCUT2D eigenvalue weighted by Gasteiger charge is 2.43. The number of aliphatic carboxylic acids is 1. The predicted octanol–water partition coefficient (Wildman–Crippen LogP) is 0.999. The lowest BCUT2D eigenvalue weighted by Crippen LogP contribution is -2.46. The third kappa shape index (κ3) is 2.75. The molecule has 0 atom stereocenters. The van der Waals surface area contributed by atoms with Gasteiger partial charge < -0.3 is 14.7 Å². The highest BCUT2D eigenvalue weighted by molar-refractivity contribution is 5.78. The van der Waals surface area contributed by atoms with Crippen LogP contribution in [0.5, 0.6) is 0 Å². The number of piperidine rings is 1. The summed E-state index contributed by atoms with van der Waals surface area (Å²) >= 11 is 0. The highest BCUT2D eigenvalue weighted by Crippen LogP contribution is 2.31. The first-order chi connectivity index (χ1) is 8.05. The Morgan fingerprint density at radius 2 is 2.12 bits per heavy atom. The van der Waals surface area contributed by atoms with Crippen LogP contribution >= 0.6 is 0 Å². The number of amides is 1. The minimum Gasteiger partial charge on any atom is -0.480 e. The molecular weight excluding hydrogens is 224 g/mol. The van der Waals surface area contributed by atoms with Crippen molar-refractivity contribution in [2.45, 2.75) is 12.8 Å². The molecule has 6 heteroatoms. The number of ether oxygens (including phenoxy) is 1. The van der Waals surface area contributed by atoms with Crippen LogP contribution in [0.1, 0.15) is 12.8 Å². The van der Waals surface area contributed by atoms with E-state index in [0.717, 1.165) is 0 Å². The van der Waals surface area contributed by atoms with Crippen molar-refractivity contribution in [1.82, 2.24) is 4.90 Å². The standard InChI is InChI=1S/C11H14N2O4/c1-2-7-17-10(16)13-5-3-11(8-12,4-6-13)9(14)15/h2H,1,3-7H2,(H,14,15). The van der Waals surface area contributed by atoms with Crippen LogP contribution in [0.25, 0.3) is 0 Å². The van der Waals surface area contributed by atoms with Crippen LogP contribution in [0.3, 0.4) is 0 Å². The van der Waals surface area contributed by atoms with Crippen molar-refractivity contribution < 1.29 is 19.4 Å². The third-order valence-corrected chi connectivity index (χ3v) is 2.82. The maximum absolute atomic E-state index is 11.5. The number of hydrogen-bond acceptors (Lipinski definition) is 4. The molecule has 0 radical (unpaired) electrons. The quantitative estimate of drug-likeness (QED) is 0.740. The van der Waals surface area contributed by atoms with Gasteiger partial charge in [-0.2, -0.15) is 5.26 Å². The molecule has 1 saturated heterocycles. The van der Waals surface area contributed by atoms with E-state index < -0.39 is 17.5 Å². The molecule has 17 heavy (non-hydrogen) atoms. The third-order valence-electron chi connectivity index (χ3n) is 2.82. The Balaban J connectivity index is 2.56. The fraction of sp³-hybridized carbons (Fsp3) is 0.545. The Morgan fingerprint density at radius 3 is 2.53 bits per heavy atom. The SMILES string of the molecule is C=CCOC(=O)N1CCC(C#N)(C(=O)O)CC1. The van der Waals surface area contributed by atoms with Gasteiger partial charge in [0.1, 0.15) is 6.61 Å². The van der Waals surface area contributed by atoms with Gasteiger partial charge in [0.25, 0.3) is 0 Å². The number of likely N-dealkylation sites (tertiary alicyclic amines) is 1. The second kappa shape index (κ2) is 5.34. The number of nitriles is 1. The van der Waals surface area contributed by atoms with Crippen LogP contribution in [-0.2, 0) is 9.53 Å². The van der Waals surface area contributed by atoms with Gasteiger partial charge in [0.15, 0.2) is 5.41 Å². The van der Waals surface area contributed by atoms with E-state index >= 15 is 0 Å². The first kappa shape index (κ1) is 13.0. The largest absolute Gasteiger partial charge is 0.480 e. The van der Waals surface area contributed by atoms with Crippen LogP contribution < -0.4 is 0 Å². The monoisotopic (exact) mass is 238 g/mol. The summed E-state index contributed by atoms with van der Waals surface area (Å²) in [5.41, 5.74) is -1.37. The molecular formula is C11H14N2O4. The van der Waals surface area contributed by atoms with E-state index in [-0.39, 0.29) is 32.5 Å². The summed E-state index contributed by atoms with van der Waals surface area (Å²) in [5, 5.41) is 17.9. The highest BCUT2D eigenvalue weighted by atomic mass is 16.6. The average molecular weight is 238 g/mol.